The van der Waals surface area contributed by atoms with Crippen LogP contribution < -0.4 is 4.31 Å². The molecule has 0 spiro atoms. The molecule has 6 heteroatoms. The highest BCUT2D eigenvalue weighted by Gasteiger charge is 2.25. The van der Waals surface area contributed by atoms with Crippen molar-refractivity contribution in [2.75, 3.05) is 10.8 Å². The van der Waals surface area contributed by atoms with E-state index >= 15 is 0 Å². The standard InChI is InChI=1S/C15H15ClFNO2S/c1-3-18(15-6-4-5-14(16)11(15)2)21(19,20)13-9-7-12(17)8-10-13/h4-10H,3H2,1-2H3. The summed E-state index contributed by atoms with van der Waals surface area (Å²) in [6, 6.07) is 9.88. The van der Waals surface area contributed by atoms with Gasteiger partial charge in [-0.25, -0.2) is 12.8 Å². The summed E-state index contributed by atoms with van der Waals surface area (Å²) >= 11 is 6.06. The molecule has 0 aromatic heterocycles. The molecule has 0 bridgehead atoms. The second-order valence-corrected chi connectivity index (χ2v) is 6.78. The van der Waals surface area contributed by atoms with E-state index in [0.29, 0.717) is 16.3 Å². The van der Waals surface area contributed by atoms with Gasteiger partial charge in [0.2, 0.25) is 0 Å². The van der Waals surface area contributed by atoms with E-state index in [1.54, 1.807) is 32.0 Å². The van der Waals surface area contributed by atoms with Crippen molar-refractivity contribution in [2.45, 2.75) is 18.7 Å². The second kappa shape index (κ2) is 6.03. The molecule has 3 nitrogen and oxygen atoms in total. The van der Waals surface area contributed by atoms with Crippen molar-refractivity contribution in [1.29, 1.82) is 0 Å². The van der Waals surface area contributed by atoms with Crippen LogP contribution in [0.1, 0.15) is 12.5 Å². The predicted molar refractivity (Wildman–Crippen MR) is 82.8 cm³/mol. The second-order valence-electron chi connectivity index (χ2n) is 4.51. The van der Waals surface area contributed by atoms with Gasteiger partial charge in [-0.2, -0.15) is 0 Å². The molecule has 0 aliphatic heterocycles. The molecular weight excluding hydrogens is 313 g/mol. The van der Waals surface area contributed by atoms with Crippen molar-refractivity contribution in [3.8, 4) is 0 Å². The maximum Gasteiger partial charge on any atom is 0.264 e. The molecule has 0 N–H and O–H groups in total. The normalized spacial score (nSPS) is 11.4. The summed E-state index contributed by atoms with van der Waals surface area (Å²) in [5.74, 6) is -0.476. The van der Waals surface area contributed by atoms with E-state index in [1.165, 1.54) is 16.4 Å². The molecule has 2 rings (SSSR count). The maximum atomic E-state index is 13.0. The fourth-order valence-corrected chi connectivity index (χ4v) is 3.77. The van der Waals surface area contributed by atoms with Crippen LogP contribution in [0.25, 0.3) is 0 Å². The van der Waals surface area contributed by atoms with Gasteiger partial charge in [-0.05, 0) is 55.8 Å². The van der Waals surface area contributed by atoms with Crippen LogP contribution in [0.3, 0.4) is 0 Å². The fraction of sp³-hybridized carbons (Fsp3) is 0.200. The molecule has 0 saturated heterocycles. The van der Waals surface area contributed by atoms with E-state index in [0.717, 1.165) is 12.1 Å². The van der Waals surface area contributed by atoms with E-state index in [4.69, 9.17) is 11.6 Å². The van der Waals surface area contributed by atoms with Gasteiger partial charge in [0.25, 0.3) is 10.0 Å². The van der Waals surface area contributed by atoms with Gasteiger partial charge in [-0.3, -0.25) is 4.31 Å². The third-order valence-electron chi connectivity index (χ3n) is 3.20. The summed E-state index contributed by atoms with van der Waals surface area (Å²) in [4.78, 5) is 0.0464. The molecule has 0 amide bonds. The SMILES string of the molecule is CCN(c1cccc(Cl)c1C)S(=O)(=O)c1ccc(F)cc1. The van der Waals surface area contributed by atoms with Crippen LogP contribution in [-0.4, -0.2) is 15.0 Å². The maximum absolute atomic E-state index is 13.0. The van der Waals surface area contributed by atoms with Crippen molar-refractivity contribution >= 4 is 27.3 Å². The quantitative estimate of drug-likeness (QED) is 0.851. The number of nitrogens with zero attached hydrogens (tertiary/aromatic N) is 1. The zero-order valence-electron chi connectivity index (χ0n) is 11.7. The molecule has 0 aliphatic rings. The van der Waals surface area contributed by atoms with E-state index in [-0.39, 0.29) is 11.4 Å². The fourth-order valence-electron chi connectivity index (χ4n) is 2.07. The van der Waals surface area contributed by atoms with Crippen LogP contribution in [-0.2, 0) is 10.0 Å². The number of rotatable bonds is 4. The van der Waals surface area contributed by atoms with Gasteiger partial charge in [0.1, 0.15) is 5.82 Å². The lowest BCUT2D eigenvalue weighted by molar-refractivity contribution is 0.590. The smallest absolute Gasteiger partial charge is 0.264 e. The largest absolute Gasteiger partial charge is 0.266 e. The lowest BCUT2D eigenvalue weighted by atomic mass is 10.2. The first-order valence-electron chi connectivity index (χ1n) is 6.41. The van der Waals surface area contributed by atoms with Gasteiger partial charge in [0.05, 0.1) is 10.6 Å². The molecule has 0 fully saturated rings. The Labute approximate surface area is 129 Å². The Balaban J connectivity index is 2.54. The highest BCUT2D eigenvalue weighted by Crippen LogP contribution is 2.30. The molecule has 0 saturated carbocycles. The first-order chi connectivity index (χ1) is 9.87. The Morgan fingerprint density at radius 2 is 1.76 bits per heavy atom. The summed E-state index contributed by atoms with van der Waals surface area (Å²) in [6.45, 7) is 3.75. The molecule has 0 radical (unpaired) electrons. The topological polar surface area (TPSA) is 37.4 Å². The molecule has 2 aromatic carbocycles. The Morgan fingerprint density at radius 1 is 1.14 bits per heavy atom. The molecule has 2 aromatic rings. The minimum atomic E-state index is -3.75. The van der Waals surface area contributed by atoms with Gasteiger partial charge in [-0.15, -0.1) is 0 Å². The van der Waals surface area contributed by atoms with Crippen LogP contribution >= 0.6 is 11.6 Å². The van der Waals surface area contributed by atoms with E-state index in [1.807, 2.05) is 0 Å². The number of hydrogen-bond acceptors (Lipinski definition) is 2. The van der Waals surface area contributed by atoms with Gasteiger partial charge in [0.15, 0.2) is 0 Å². The van der Waals surface area contributed by atoms with Crippen molar-refractivity contribution in [1.82, 2.24) is 0 Å². The zero-order valence-corrected chi connectivity index (χ0v) is 13.2. The number of sulfonamides is 1. The monoisotopic (exact) mass is 327 g/mol. The predicted octanol–water partition coefficient (Wildman–Crippen LogP) is 4.00. The highest BCUT2D eigenvalue weighted by atomic mass is 35.5. The van der Waals surface area contributed by atoms with Crippen LogP contribution in [0, 0.1) is 12.7 Å². The average Bonchev–Trinajstić information content (AvgIpc) is 2.44. The molecule has 112 valence electrons. The lowest BCUT2D eigenvalue weighted by Gasteiger charge is -2.25. The van der Waals surface area contributed by atoms with E-state index in [2.05, 4.69) is 0 Å². The number of halogens is 2. The molecule has 0 unspecified atom stereocenters. The summed E-state index contributed by atoms with van der Waals surface area (Å²) in [7, 11) is -3.75. The number of benzene rings is 2. The zero-order chi connectivity index (χ0) is 15.6. The number of hydrogen-bond donors (Lipinski definition) is 0. The lowest BCUT2D eigenvalue weighted by Crippen LogP contribution is -2.31. The minimum absolute atomic E-state index is 0.0464. The highest BCUT2D eigenvalue weighted by molar-refractivity contribution is 7.92. The van der Waals surface area contributed by atoms with Crippen LogP contribution in [0.5, 0.6) is 0 Å². The summed E-state index contributed by atoms with van der Waals surface area (Å²) in [6.07, 6.45) is 0. The Hall–Kier alpha value is -1.59. The van der Waals surface area contributed by atoms with Gasteiger partial charge in [-0.1, -0.05) is 17.7 Å². The minimum Gasteiger partial charge on any atom is -0.266 e. The first-order valence-corrected chi connectivity index (χ1v) is 8.23. The summed E-state index contributed by atoms with van der Waals surface area (Å²) < 4.78 is 39.6. The molecule has 21 heavy (non-hydrogen) atoms. The number of anilines is 1. The third kappa shape index (κ3) is 3.04. The first kappa shape index (κ1) is 15.8. The Bertz CT molecular complexity index is 745. The van der Waals surface area contributed by atoms with Crippen molar-refractivity contribution in [3.05, 3.63) is 58.9 Å². The van der Waals surface area contributed by atoms with Crippen LogP contribution in [0.4, 0.5) is 10.1 Å². The van der Waals surface area contributed by atoms with Crippen LogP contribution in [0.2, 0.25) is 5.02 Å². The van der Waals surface area contributed by atoms with Gasteiger partial charge < -0.3 is 0 Å². The van der Waals surface area contributed by atoms with Crippen LogP contribution in [0.15, 0.2) is 47.4 Å². The summed E-state index contributed by atoms with van der Waals surface area (Å²) in [5, 5.41) is 0.500. The van der Waals surface area contributed by atoms with E-state index in [9.17, 15) is 12.8 Å². The Morgan fingerprint density at radius 3 is 2.33 bits per heavy atom. The van der Waals surface area contributed by atoms with Crippen molar-refractivity contribution in [3.63, 3.8) is 0 Å². The van der Waals surface area contributed by atoms with Crippen molar-refractivity contribution in [2.24, 2.45) is 0 Å². The van der Waals surface area contributed by atoms with Crippen molar-refractivity contribution < 1.29 is 12.8 Å². The summed E-state index contributed by atoms with van der Waals surface area (Å²) in [5.41, 5.74) is 1.21. The van der Waals surface area contributed by atoms with Gasteiger partial charge >= 0.3 is 0 Å². The van der Waals surface area contributed by atoms with E-state index < -0.39 is 15.8 Å². The molecule has 0 aliphatic carbocycles. The molecule has 0 heterocycles. The molecule has 0 atom stereocenters. The molecular formula is C15H15ClFNO2S. The Kier molecular flexibility index (Phi) is 4.54. The van der Waals surface area contributed by atoms with Gasteiger partial charge in [0, 0.05) is 11.6 Å². The average molecular weight is 328 g/mol. The third-order valence-corrected chi connectivity index (χ3v) is 5.51.